The second-order valence-corrected chi connectivity index (χ2v) is 5.52. The number of halogens is 1. The van der Waals surface area contributed by atoms with Crippen molar-refractivity contribution >= 4 is 23.3 Å². The van der Waals surface area contributed by atoms with E-state index in [0.29, 0.717) is 29.5 Å². The van der Waals surface area contributed by atoms with E-state index in [4.69, 9.17) is 21.1 Å². The van der Waals surface area contributed by atoms with Crippen LogP contribution in [0.5, 0.6) is 11.5 Å². The van der Waals surface area contributed by atoms with Crippen LogP contribution in [0.4, 0.5) is 10.5 Å². The lowest BCUT2D eigenvalue weighted by atomic mass is 10.2. The van der Waals surface area contributed by atoms with Gasteiger partial charge < -0.3 is 19.7 Å². The molecule has 3 rings (SSSR count). The lowest BCUT2D eigenvalue weighted by molar-refractivity contribution is 0.174. The van der Waals surface area contributed by atoms with Crippen LogP contribution in [0.25, 0.3) is 0 Å². The van der Waals surface area contributed by atoms with Crippen molar-refractivity contribution in [3.8, 4) is 11.5 Å². The van der Waals surface area contributed by atoms with E-state index in [-0.39, 0.29) is 12.8 Å². The van der Waals surface area contributed by atoms with Crippen molar-refractivity contribution in [3.05, 3.63) is 53.1 Å². The molecule has 23 heavy (non-hydrogen) atoms. The first-order chi connectivity index (χ1) is 11.2. The maximum atomic E-state index is 12.4. The van der Waals surface area contributed by atoms with Gasteiger partial charge >= 0.3 is 6.03 Å². The Morgan fingerprint density at radius 3 is 2.78 bits per heavy atom. The zero-order valence-electron chi connectivity index (χ0n) is 12.7. The first-order valence-corrected chi connectivity index (χ1v) is 7.74. The van der Waals surface area contributed by atoms with Gasteiger partial charge in [-0.1, -0.05) is 29.8 Å². The summed E-state index contributed by atoms with van der Waals surface area (Å²) in [7, 11) is 0. The van der Waals surface area contributed by atoms with E-state index in [1.165, 1.54) is 0 Å². The third-order valence-electron chi connectivity index (χ3n) is 3.59. The summed E-state index contributed by atoms with van der Waals surface area (Å²) in [5.74, 6) is 1.45. The van der Waals surface area contributed by atoms with Crippen molar-refractivity contribution < 1.29 is 14.3 Å². The van der Waals surface area contributed by atoms with E-state index in [1.807, 2.05) is 37.3 Å². The van der Waals surface area contributed by atoms with E-state index >= 15 is 0 Å². The first-order valence-electron chi connectivity index (χ1n) is 7.36. The van der Waals surface area contributed by atoms with E-state index < -0.39 is 0 Å². The van der Waals surface area contributed by atoms with Gasteiger partial charge in [0.1, 0.15) is 0 Å². The number of carbonyl (C=O) groups excluding carboxylic acids is 1. The summed E-state index contributed by atoms with van der Waals surface area (Å²) in [6.07, 6.45) is 0. The zero-order valence-corrected chi connectivity index (χ0v) is 13.5. The molecule has 0 fully saturated rings. The van der Waals surface area contributed by atoms with Gasteiger partial charge in [0.25, 0.3) is 0 Å². The van der Waals surface area contributed by atoms with Gasteiger partial charge in [-0.2, -0.15) is 0 Å². The molecular formula is C17H17ClN2O3. The number of ether oxygens (including phenoxy) is 2. The average molecular weight is 333 g/mol. The number of fused-ring (bicyclic) bond motifs is 1. The molecule has 0 aliphatic carbocycles. The molecule has 1 N–H and O–H groups in total. The van der Waals surface area contributed by atoms with Crippen molar-refractivity contribution in [1.82, 2.24) is 4.90 Å². The molecule has 0 unspecified atom stereocenters. The Labute approximate surface area is 139 Å². The maximum Gasteiger partial charge on any atom is 0.322 e. The fraction of sp³-hybridized carbons (Fsp3) is 0.235. The van der Waals surface area contributed by atoms with E-state index in [0.717, 1.165) is 11.3 Å². The molecule has 1 aliphatic rings. The van der Waals surface area contributed by atoms with Gasteiger partial charge in [0.05, 0.1) is 10.7 Å². The lowest BCUT2D eigenvalue weighted by Crippen LogP contribution is -2.34. The van der Waals surface area contributed by atoms with Crippen LogP contribution in [0.3, 0.4) is 0 Å². The van der Waals surface area contributed by atoms with Crippen LogP contribution >= 0.6 is 11.6 Å². The summed E-state index contributed by atoms with van der Waals surface area (Å²) < 4.78 is 10.7. The minimum Gasteiger partial charge on any atom is -0.454 e. The van der Waals surface area contributed by atoms with Crippen LogP contribution in [0, 0.1) is 0 Å². The van der Waals surface area contributed by atoms with Gasteiger partial charge in [-0.15, -0.1) is 0 Å². The number of rotatable bonds is 4. The van der Waals surface area contributed by atoms with Gasteiger partial charge in [0.15, 0.2) is 11.5 Å². The second kappa shape index (κ2) is 6.79. The van der Waals surface area contributed by atoms with Crippen LogP contribution < -0.4 is 14.8 Å². The standard InChI is InChI=1S/C17H17ClN2O3/c1-2-20(17(21)19-14-6-4-3-5-13(14)18)10-12-7-8-15-16(9-12)23-11-22-15/h3-9H,2,10-11H2,1H3,(H,19,21). The summed E-state index contributed by atoms with van der Waals surface area (Å²) in [5.41, 5.74) is 1.58. The van der Waals surface area contributed by atoms with Crippen molar-refractivity contribution in [2.24, 2.45) is 0 Å². The number of urea groups is 1. The summed E-state index contributed by atoms with van der Waals surface area (Å²) in [6.45, 7) is 3.22. The maximum absolute atomic E-state index is 12.4. The Bertz CT molecular complexity index is 721. The van der Waals surface area contributed by atoms with Gasteiger partial charge in [-0.3, -0.25) is 0 Å². The molecule has 0 atom stereocenters. The molecule has 0 bridgehead atoms. The normalized spacial score (nSPS) is 12.1. The second-order valence-electron chi connectivity index (χ2n) is 5.11. The number of hydrogen-bond donors (Lipinski definition) is 1. The molecule has 0 spiro atoms. The third-order valence-corrected chi connectivity index (χ3v) is 3.92. The molecule has 120 valence electrons. The Morgan fingerprint density at radius 1 is 1.22 bits per heavy atom. The van der Waals surface area contributed by atoms with Crippen molar-refractivity contribution in [1.29, 1.82) is 0 Å². The number of para-hydroxylation sites is 1. The zero-order chi connectivity index (χ0) is 16.2. The Kier molecular flexibility index (Phi) is 4.57. The molecule has 1 aliphatic heterocycles. The molecule has 0 aromatic heterocycles. The van der Waals surface area contributed by atoms with Gasteiger partial charge in [0.2, 0.25) is 6.79 Å². The van der Waals surface area contributed by atoms with Gasteiger partial charge in [-0.25, -0.2) is 4.79 Å². The molecule has 2 aromatic rings. The molecule has 5 nitrogen and oxygen atoms in total. The lowest BCUT2D eigenvalue weighted by Gasteiger charge is -2.22. The van der Waals surface area contributed by atoms with E-state index in [1.54, 1.807) is 17.0 Å². The van der Waals surface area contributed by atoms with Crippen LogP contribution in [-0.4, -0.2) is 24.3 Å². The first kappa shape index (κ1) is 15.5. The van der Waals surface area contributed by atoms with Crippen molar-refractivity contribution in [2.75, 3.05) is 18.7 Å². The van der Waals surface area contributed by atoms with Gasteiger partial charge in [0, 0.05) is 13.1 Å². The van der Waals surface area contributed by atoms with Crippen LogP contribution in [0.15, 0.2) is 42.5 Å². The summed E-state index contributed by atoms with van der Waals surface area (Å²) in [4.78, 5) is 14.1. The van der Waals surface area contributed by atoms with Crippen molar-refractivity contribution in [3.63, 3.8) is 0 Å². The largest absolute Gasteiger partial charge is 0.454 e. The Morgan fingerprint density at radius 2 is 2.00 bits per heavy atom. The number of anilines is 1. The summed E-state index contributed by atoms with van der Waals surface area (Å²) >= 11 is 6.08. The number of amides is 2. The Balaban J connectivity index is 1.70. The van der Waals surface area contributed by atoms with Gasteiger partial charge in [-0.05, 0) is 36.8 Å². The summed E-state index contributed by atoms with van der Waals surface area (Å²) in [5, 5.41) is 3.35. The predicted octanol–water partition coefficient (Wildman–Crippen LogP) is 4.12. The van der Waals surface area contributed by atoms with E-state index in [2.05, 4.69) is 5.32 Å². The minimum absolute atomic E-state index is 0.196. The highest BCUT2D eigenvalue weighted by Gasteiger charge is 2.17. The average Bonchev–Trinajstić information content (AvgIpc) is 3.02. The highest BCUT2D eigenvalue weighted by molar-refractivity contribution is 6.33. The molecule has 0 radical (unpaired) electrons. The fourth-order valence-electron chi connectivity index (χ4n) is 2.34. The number of benzene rings is 2. The molecule has 0 saturated carbocycles. The predicted molar refractivity (Wildman–Crippen MR) is 89.1 cm³/mol. The molecular weight excluding hydrogens is 316 g/mol. The van der Waals surface area contributed by atoms with Crippen LogP contribution in [0.1, 0.15) is 12.5 Å². The third kappa shape index (κ3) is 3.51. The van der Waals surface area contributed by atoms with Crippen LogP contribution in [-0.2, 0) is 6.54 Å². The number of hydrogen-bond acceptors (Lipinski definition) is 3. The van der Waals surface area contributed by atoms with E-state index in [9.17, 15) is 4.79 Å². The molecule has 2 amide bonds. The highest BCUT2D eigenvalue weighted by atomic mass is 35.5. The SMILES string of the molecule is CCN(Cc1ccc2c(c1)OCO2)C(=O)Nc1ccccc1Cl. The highest BCUT2D eigenvalue weighted by Crippen LogP contribution is 2.32. The number of nitrogens with zero attached hydrogens (tertiary/aromatic N) is 1. The Hall–Kier alpha value is -2.40. The molecule has 0 saturated heterocycles. The van der Waals surface area contributed by atoms with Crippen LogP contribution in [0.2, 0.25) is 5.02 Å². The minimum atomic E-state index is -0.196. The number of carbonyl (C=O) groups is 1. The van der Waals surface area contributed by atoms with Crippen molar-refractivity contribution in [2.45, 2.75) is 13.5 Å². The topological polar surface area (TPSA) is 50.8 Å². The molecule has 6 heteroatoms. The quantitative estimate of drug-likeness (QED) is 0.916. The smallest absolute Gasteiger partial charge is 0.322 e. The summed E-state index contributed by atoms with van der Waals surface area (Å²) in [6, 6.07) is 12.7. The number of nitrogens with one attached hydrogen (secondary N) is 1. The molecule has 2 aromatic carbocycles. The monoisotopic (exact) mass is 332 g/mol. The fourth-order valence-corrected chi connectivity index (χ4v) is 2.53. The molecule has 1 heterocycles.